The van der Waals surface area contributed by atoms with Crippen molar-refractivity contribution in [3.8, 4) is 5.69 Å². The van der Waals surface area contributed by atoms with Gasteiger partial charge >= 0.3 is 6.09 Å². The number of imidazole rings is 1. The molecule has 8 nitrogen and oxygen atoms in total. The highest BCUT2D eigenvalue weighted by Crippen LogP contribution is 2.21. The van der Waals surface area contributed by atoms with E-state index in [0.717, 1.165) is 11.4 Å². The minimum absolute atomic E-state index is 0.00512. The van der Waals surface area contributed by atoms with Gasteiger partial charge in [-0.05, 0) is 36.2 Å². The second-order valence-corrected chi connectivity index (χ2v) is 7.93. The first-order valence-electron chi connectivity index (χ1n) is 10.6. The van der Waals surface area contributed by atoms with E-state index in [0.29, 0.717) is 11.3 Å². The quantitative estimate of drug-likeness (QED) is 0.600. The van der Waals surface area contributed by atoms with Crippen LogP contribution < -0.4 is 5.32 Å². The van der Waals surface area contributed by atoms with Gasteiger partial charge in [0.05, 0.1) is 18.3 Å². The number of carbonyl (C=O) groups excluding carboxylic acids is 2. The highest BCUT2D eigenvalue weighted by Gasteiger charge is 2.39. The predicted octanol–water partition coefficient (Wildman–Crippen LogP) is 2.71. The molecule has 2 aromatic carbocycles. The summed E-state index contributed by atoms with van der Waals surface area (Å²) in [4.78, 5) is 30.9. The number of aliphatic hydroxyl groups excluding tert-OH is 1. The number of nitrogens with one attached hydrogen (secondary N) is 1. The first-order chi connectivity index (χ1) is 15.9. The molecule has 2 N–H and O–H groups in total. The third kappa shape index (κ3) is 5.20. The minimum atomic E-state index is -0.879. The lowest BCUT2D eigenvalue weighted by molar-refractivity contribution is -0.125. The number of amides is 2. The Balaban J connectivity index is 1.43. The van der Waals surface area contributed by atoms with Gasteiger partial charge in [0.1, 0.15) is 24.3 Å². The van der Waals surface area contributed by atoms with Gasteiger partial charge in [-0.15, -0.1) is 0 Å². The molecule has 1 aliphatic rings. The zero-order valence-electron chi connectivity index (χ0n) is 18.1. The molecule has 2 amide bonds. The third-order valence-electron chi connectivity index (χ3n) is 5.60. The van der Waals surface area contributed by atoms with Crippen molar-refractivity contribution in [2.45, 2.75) is 38.6 Å². The number of benzene rings is 2. The standard InChI is InChI=1S/C24H25FN4O4/c1-16-26-9-10-28(16)21-8-7-19(25)11-18(21)13-27-23(31)22-12-20(30)14-29(22)24(32)33-15-17-5-3-2-4-6-17/h2-11,20,22,30H,12-15H2,1H3,(H,27,31)/t20-,22+/m1/s1. The van der Waals surface area contributed by atoms with Crippen LogP contribution in [0.5, 0.6) is 0 Å². The second kappa shape index (κ2) is 9.83. The summed E-state index contributed by atoms with van der Waals surface area (Å²) in [5.74, 6) is -0.149. The van der Waals surface area contributed by atoms with Gasteiger partial charge in [-0.25, -0.2) is 14.2 Å². The van der Waals surface area contributed by atoms with Crippen molar-refractivity contribution in [2.24, 2.45) is 0 Å². The summed E-state index contributed by atoms with van der Waals surface area (Å²) in [6, 6.07) is 12.6. The van der Waals surface area contributed by atoms with E-state index >= 15 is 0 Å². The van der Waals surface area contributed by atoms with Gasteiger partial charge in [0.2, 0.25) is 5.91 Å². The Kier molecular flexibility index (Phi) is 6.69. The maximum Gasteiger partial charge on any atom is 0.410 e. The Bertz CT molecular complexity index is 1130. The molecule has 3 aromatic rings. The molecule has 0 bridgehead atoms. The SMILES string of the molecule is Cc1nccn1-c1ccc(F)cc1CNC(=O)[C@@H]1C[C@@H](O)CN1C(=O)OCc1ccccc1. The van der Waals surface area contributed by atoms with Gasteiger partial charge < -0.3 is 19.7 Å². The van der Waals surface area contributed by atoms with Crippen LogP contribution in [0, 0.1) is 12.7 Å². The van der Waals surface area contributed by atoms with E-state index in [4.69, 9.17) is 4.74 Å². The molecule has 2 atom stereocenters. The van der Waals surface area contributed by atoms with Gasteiger partial charge in [-0.3, -0.25) is 9.69 Å². The predicted molar refractivity (Wildman–Crippen MR) is 118 cm³/mol. The largest absolute Gasteiger partial charge is 0.445 e. The summed E-state index contributed by atoms with van der Waals surface area (Å²) in [5.41, 5.74) is 2.07. The third-order valence-corrected chi connectivity index (χ3v) is 5.60. The number of hydrogen-bond donors (Lipinski definition) is 2. The number of aryl methyl sites for hydroxylation is 1. The molecule has 1 aromatic heterocycles. The molecule has 0 radical (unpaired) electrons. The van der Waals surface area contributed by atoms with Crippen molar-refractivity contribution in [2.75, 3.05) is 6.54 Å². The Labute approximate surface area is 190 Å². The maximum atomic E-state index is 13.9. The number of likely N-dealkylation sites (tertiary alicyclic amines) is 1. The molecule has 0 saturated carbocycles. The molecule has 33 heavy (non-hydrogen) atoms. The van der Waals surface area contributed by atoms with E-state index < -0.39 is 30.0 Å². The topological polar surface area (TPSA) is 96.7 Å². The average Bonchev–Trinajstić information content (AvgIpc) is 3.42. The van der Waals surface area contributed by atoms with Crippen LogP contribution in [0.15, 0.2) is 60.9 Å². The van der Waals surface area contributed by atoms with Gasteiger partial charge in [0.25, 0.3) is 0 Å². The molecule has 0 spiro atoms. The van der Waals surface area contributed by atoms with E-state index in [2.05, 4.69) is 10.3 Å². The summed E-state index contributed by atoms with van der Waals surface area (Å²) in [6.07, 6.45) is 1.99. The minimum Gasteiger partial charge on any atom is -0.445 e. The van der Waals surface area contributed by atoms with E-state index in [1.807, 2.05) is 37.3 Å². The number of nitrogens with zero attached hydrogens (tertiary/aromatic N) is 3. The van der Waals surface area contributed by atoms with Crippen LogP contribution >= 0.6 is 0 Å². The maximum absolute atomic E-state index is 13.9. The van der Waals surface area contributed by atoms with Crippen LogP contribution in [-0.2, 0) is 22.7 Å². The molecule has 0 aliphatic carbocycles. The van der Waals surface area contributed by atoms with Crippen molar-refractivity contribution in [3.05, 3.63) is 83.7 Å². The van der Waals surface area contributed by atoms with E-state index in [-0.39, 0.29) is 26.1 Å². The van der Waals surface area contributed by atoms with Crippen molar-refractivity contribution in [1.29, 1.82) is 0 Å². The Morgan fingerprint density at radius 3 is 2.76 bits per heavy atom. The Morgan fingerprint density at radius 2 is 2.03 bits per heavy atom. The Hall–Kier alpha value is -3.72. The number of hydrogen-bond acceptors (Lipinski definition) is 5. The highest BCUT2D eigenvalue weighted by atomic mass is 19.1. The number of carbonyl (C=O) groups is 2. The number of aliphatic hydroxyl groups is 1. The van der Waals surface area contributed by atoms with Gasteiger partial charge in [-0.2, -0.15) is 0 Å². The first-order valence-corrected chi connectivity index (χ1v) is 10.6. The molecule has 1 aliphatic heterocycles. The molecule has 0 unspecified atom stereocenters. The molecule has 9 heteroatoms. The normalized spacial score (nSPS) is 17.7. The number of ether oxygens (including phenoxy) is 1. The fourth-order valence-electron chi connectivity index (χ4n) is 3.93. The highest BCUT2D eigenvalue weighted by molar-refractivity contribution is 5.86. The van der Waals surface area contributed by atoms with Crippen molar-refractivity contribution < 1.29 is 23.8 Å². The van der Waals surface area contributed by atoms with E-state index in [1.165, 1.54) is 17.0 Å². The molecular formula is C24H25FN4O4. The van der Waals surface area contributed by atoms with Gasteiger partial charge in [0.15, 0.2) is 0 Å². The number of halogens is 1. The van der Waals surface area contributed by atoms with E-state index in [1.54, 1.807) is 23.0 Å². The molecule has 172 valence electrons. The van der Waals surface area contributed by atoms with Crippen LogP contribution in [0.4, 0.5) is 9.18 Å². The fourth-order valence-corrected chi connectivity index (χ4v) is 3.93. The van der Waals surface area contributed by atoms with Crippen LogP contribution in [0.25, 0.3) is 5.69 Å². The van der Waals surface area contributed by atoms with Crippen LogP contribution in [0.1, 0.15) is 23.4 Å². The number of aromatic nitrogens is 2. The lowest BCUT2D eigenvalue weighted by Crippen LogP contribution is -2.46. The monoisotopic (exact) mass is 452 g/mol. The molecule has 2 heterocycles. The zero-order chi connectivity index (χ0) is 23.4. The zero-order valence-corrected chi connectivity index (χ0v) is 18.1. The Morgan fingerprint density at radius 1 is 1.24 bits per heavy atom. The fraction of sp³-hybridized carbons (Fsp3) is 0.292. The summed E-state index contributed by atoms with van der Waals surface area (Å²) >= 11 is 0. The van der Waals surface area contributed by atoms with Crippen molar-refractivity contribution in [3.63, 3.8) is 0 Å². The number of rotatable bonds is 6. The first kappa shape index (κ1) is 22.5. The van der Waals surface area contributed by atoms with Crippen LogP contribution in [-0.4, -0.2) is 50.2 Å². The number of β-amino-alcohol motifs (C(OH)–C–C–N with tert-alkyl or cyclic N) is 1. The lowest BCUT2D eigenvalue weighted by Gasteiger charge is -2.23. The smallest absolute Gasteiger partial charge is 0.410 e. The summed E-state index contributed by atoms with van der Waals surface area (Å²) in [6.45, 7) is 1.94. The van der Waals surface area contributed by atoms with Gasteiger partial charge in [-0.1, -0.05) is 30.3 Å². The molecule has 1 fully saturated rings. The van der Waals surface area contributed by atoms with Crippen LogP contribution in [0.2, 0.25) is 0 Å². The summed E-state index contributed by atoms with van der Waals surface area (Å²) in [7, 11) is 0. The van der Waals surface area contributed by atoms with Crippen molar-refractivity contribution >= 4 is 12.0 Å². The second-order valence-electron chi connectivity index (χ2n) is 7.93. The van der Waals surface area contributed by atoms with Crippen molar-refractivity contribution in [1.82, 2.24) is 19.8 Å². The lowest BCUT2D eigenvalue weighted by atomic mass is 10.1. The summed E-state index contributed by atoms with van der Waals surface area (Å²) in [5, 5.41) is 12.9. The molecule has 1 saturated heterocycles. The molecule has 4 rings (SSSR count). The van der Waals surface area contributed by atoms with Crippen LogP contribution in [0.3, 0.4) is 0 Å². The summed E-state index contributed by atoms with van der Waals surface area (Å²) < 4.78 is 21.1. The molecular weight excluding hydrogens is 427 g/mol. The van der Waals surface area contributed by atoms with E-state index in [9.17, 15) is 19.1 Å². The van der Waals surface area contributed by atoms with Gasteiger partial charge in [0, 0.05) is 25.4 Å². The average molecular weight is 452 g/mol.